The summed E-state index contributed by atoms with van der Waals surface area (Å²) in [6.07, 6.45) is 0.571. The van der Waals surface area contributed by atoms with Crippen molar-refractivity contribution in [3.8, 4) is 0 Å². The first-order valence-corrected chi connectivity index (χ1v) is 8.04. The van der Waals surface area contributed by atoms with E-state index >= 15 is 0 Å². The van der Waals surface area contributed by atoms with E-state index in [0.717, 1.165) is 12.1 Å². The van der Waals surface area contributed by atoms with E-state index in [4.69, 9.17) is 0 Å². The highest BCUT2D eigenvalue weighted by molar-refractivity contribution is 6.05. The molecule has 130 valence electrons. The second kappa shape index (κ2) is 8.44. The minimum absolute atomic E-state index is 0.0279. The van der Waals surface area contributed by atoms with Crippen molar-refractivity contribution in [3.05, 3.63) is 35.9 Å². The van der Waals surface area contributed by atoms with Gasteiger partial charge in [0, 0.05) is 19.6 Å². The maximum Gasteiger partial charge on any atom is 0.324 e. The van der Waals surface area contributed by atoms with Gasteiger partial charge in [-0.05, 0) is 26.1 Å². The lowest BCUT2D eigenvalue weighted by Crippen LogP contribution is -2.38. The Bertz CT molecular complexity index is 589. The van der Waals surface area contributed by atoms with Crippen LogP contribution in [-0.4, -0.2) is 67.4 Å². The molecule has 1 aliphatic rings. The van der Waals surface area contributed by atoms with Gasteiger partial charge in [0.1, 0.15) is 6.04 Å². The number of amides is 4. The Morgan fingerprint density at radius 2 is 1.96 bits per heavy atom. The van der Waals surface area contributed by atoms with E-state index < -0.39 is 12.1 Å². The van der Waals surface area contributed by atoms with Crippen LogP contribution in [-0.2, 0) is 16.0 Å². The van der Waals surface area contributed by atoms with Crippen molar-refractivity contribution in [1.82, 2.24) is 20.4 Å². The van der Waals surface area contributed by atoms with Gasteiger partial charge in [-0.2, -0.15) is 0 Å². The van der Waals surface area contributed by atoms with E-state index in [1.807, 2.05) is 49.3 Å². The van der Waals surface area contributed by atoms with E-state index in [0.29, 0.717) is 19.5 Å². The van der Waals surface area contributed by atoms with Crippen molar-refractivity contribution in [2.45, 2.75) is 18.9 Å². The molecule has 7 nitrogen and oxygen atoms in total. The molecule has 1 saturated heterocycles. The second-order valence-corrected chi connectivity index (χ2v) is 6.08. The van der Waals surface area contributed by atoms with Crippen molar-refractivity contribution in [2.75, 3.05) is 33.7 Å². The van der Waals surface area contributed by atoms with Gasteiger partial charge < -0.3 is 15.5 Å². The molecular weight excluding hydrogens is 308 g/mol. The van der Waals surface area contributed by atoms with Crippen LogP contribution in [0.1, 0.15) is 12.0 Å². The molecule has 1 aromatic carbocycles. The summed E-state index contributed by atoms with van der Waals surface area (Å²) in [6, 6.07) is 8.46. The monoisotopic (exact) mass is 332 g/mol. The third-order valence-electron chi connectivity index (χ3n) is 3.84. The number of hydrogen-bond donors (Lipinski definition) is 2. The highest BCUT2D eigenvalue weighted by Gasteiger charge is 2.38. The summed E-state index contributed by atoms with van der Waals surface area (Å²) in [5, 5.41) is 5.33. The van der Waals surface area contributed by atoms with Crippen molar-refractivity contribution < 1.29 is 14.4 Å². The van der Waals surface area contributed by atoms with Crippen LogP contribution in [0.3, 0.4) is 0 Å². The van der Waals surface area contributed by atoms with Gasteiger partial charge in [0.05, 0.1) is 6.42 Å². The molecule has 0 spiro atoms. The molecule has 1 aromatic rings. The minimum Gasteiger partial charge on any atom is -0.355 e. The summed E-state index contributed by atoms with van der Waals surface area (Å²) in [6.45, 7) is 1.55. The number of carbonyl (C=O) groups is 3. The van der Waals surface area contributed by atoms with Crippen LogP contribution in [0.25, 0.3) is 0 Å². The van der Waals surface area contributed by atoms with Crippen LogP contribution in [0.5, 0.6) is 0 Å². The third-order valence-corrected chi connectivity index (χ3v) is 3.84. The van der Waals surface area contributed by atoms with E-state index in [-0.39, 0.29) is 18.2 Å². The van der Waals surface area contributed by atoms with Crippen LogP contribution in [0, 0.1) is 0 Å². The molecular formula is C17H24N4O3. The molecule has 1 heterocycles. The number of nitrogens with zero attached hydrogens (tertiary/aromatic N) is 2. The van der Waals surface area contributed by atoms with Gasteiger partial charge >= 0.3 is 6.03 Å². The molecule has 2 rings (SSSR count). The van der Waals surface area contributed by atoms with Gasteiger partial charge in [0.2, 0.25) is 5.91 Å². The van der Waals surface area contributed by atoms with E-state index in [1.165, 1.54) is 4.90 Å². The predicted molar refractivity (Wildman–Crippen MR) is 90.4 cm³/mol. The summed E-state index contributed by atoms with van der Waals surface area (Å²) in [4.78, 5) is 39.3. The Balaban J connectivity index is 1.81. The predicted octanol–water partition coefficient (Wildman–Crippen LogP) is 0.217. The van der Waals surface area contributed by atoms with Crippen molar-refractivity contribution >= 4 is 17.8 Å². The lowest BCUT2D eigenvalue weighted by molar-refractivity contribution is -0.130. The summed E-state index contributed by atoms with van der Waals surface area (Å²) in [7, 11) is 3.83. The molecule has 24 heavy (non-hydrogen) atoms. The zero-order valence-corrected chi connectivity index (χ0v) is 14.1. The zero-order chi connectivity index (χ0) is 17.5. The molecule has 0 aromatic heterocycles. The van der Waals surface area contributed by atoms with Crippen LogP contribution >= 0.6 is 0 Å². The number of imide groups is 1. The van der Waals surface area contributed by atoms with E-state index in [9.17, 15) is 14.4 Å². The van der Waals surface area contributed by atoms with Gasteiger partial charge in [0.15, 0.2) is 0 Å². The Morgan fingerprint density at radius 1 is 1.25 bits per heavy atom. The number of benzene rings is 1. The first kappa shape index (κ1) is 17.9. The average Bonchev–Trinajstić information content (AvgIpc) is 2.80. The Labute approximate surface area is 142 Å². The maximum atomic E-state index is 12.3. The molecule has 1 aliphatic heterocycles. The molecule has 0 aliphatic carbocycles. The van der Waals surface area contributed by atoms with Crippen molar-refractivity contribution in [3.63, 3.8) is 0 Å². The van der Waals surface area contributed by atoms with Crippen LogP contribution < -0.4 is 10.6 Å². The van der Waals surface area contributed by atoms with Crippen LogP contribution in [0.4, 0.5) is 4.79 Å². The summed E-state index contributed by atoms with van der Waals surface area (Å²) >= 11 is 0. The number of urea groups is 1. The molecule has 7 heteroatoms. The summed E-state index contributed by atoms with van der Waals surface area (Å²) in [5.74, 6) is -0.570. The van der Waals surface area contributed by atoms with E-state index in [2.05, 4.69) is 10.6 Å². The lowest BCUT2D eigenvalue weighted by atomic mass is 10.1. The van der Waals surface area contributed by atoms with Crippen molar-refractivity contribution in [1.29, 1.82) is 0 Å². The molecule has 4 amide bonds. The molecule has 0 saturated carbocycles. The molecule has 0 bridgehead atoms. The fourth-order valence-electron chi connectivity index (χ4n) is 2.49. The van der Waals surface area contributed by atoms with Crippen LogP contribution in [0.2, 0.25) is 0 Å². The van der Waals surface area contributed by atoms with Gasteiger partial charge in [-0.15, -0.1) is 0 Å². The number of likely N-dealkylation sites (N-methyl/N-ethyl adjacent to an activating group) is 1. The topological polar surface area (TPSA) is 81.8 Å². The first-order chi connectivity index (χ1) is 11.5. The average molecular weight is 332 g/mol. The third kappa shape index (κ3) is 5.06. The lowest BCUT2D eigenvalue weighted by Gasteiger charge is -2.13. The quantitative estimate of drug-likeness (QED) is 0.667. The number of carbonyl (C=O) groups excluding carboxylic acids is 3. The number of nitrogens with one attached hydrogen (secondary N) is 2. The maximum absolute atomic E-state index is 12.3. The highest BCUT2D eigenvalue weighted by atomic mass is 16.2. The van der Waals surface area contributed by atoms with Gasteiger partial charge in [-0.25, -0.2) is 4.79 Å². The molecule has 0 radical (unpaired) electrons. The Hall–Kier alpha value is -2.41. The number of rotatable bonds is 8. The molecule has 1 unspecified atom stereocenters. The molecule has 2 N–H and O–H groups in total. The fraction of sp³-hybridized carbons (Fsp3) is 0.471. The molecule has 1 atom stereocenters. The smallest absolute Gasteiger partial charge is 0.324 e. The fourth-order valence-corrected chi connectivity index (χ4v) is 2.49. The summed E-state index contributed by atoms with van der Waals surface area (Å²) < 4.78 is 0. The highest BCUT2D eigenvalue weighted by Crippen LogP contribution is 2.11. The van der Waals surface area contributed by atoms with Gasteiger partial charge in [-0.1, -0.05) is 30.3 Å². The van der Waals surface area contributed by atoms with E-state index in [1.54, 1.807) is 0 Å². The standard InChI is InChI=1S/C17H24N4O3/c1-20(2)11-9-18-15(22)12-14-16(23)21(17(24)19-14)10-8-13-6-4-3-5-7-13/h3-7,14H,8-12H2,1-2H3,(H,18,22)(H,19,24). The largest absolute Gasteiger partial charge is 0.355 e. The SMILES string of the molecule is CN(C)CCNC(=O)CC1NC(=O)N(CCc2ccccc2)C1=O. The minimum atomic E-state index is -0.771. The Kier molecular flexibility index (Phi) is 6.31. The van der Waals surface area contributed by atoms with Gasteiger partial charge in [-0.3, -0.25) is 14.5 Å². The van der Waals surface area contributed by atoms with Crippen molar-refractivity contribution in [2.24, 2.45) is 0 Å². The molecule has 1 fully saturated rings. The zero-order valence-electron chi connectivity index (χ0n) is 14.1. The van der Waals surface area contributed by atoms with Gasteiger partial charge in [0.25, 0.3) is 5.91 Å². The summed E-state index contributed by atoms with van der Waals surface area (Å²) in [5.41, 5.74) is 1.06. The Morgan fingerprint density at radius 3 is 2.62 bits per heavy atom. The van der Waals surface area contributed by atoms with Crippen LogP contribution in [0.15, 0.2) is 30.3 Å². The normalized spacial score (nSPS) is 17.3. The first-order valence-electron chi connectivity index (χ1n) is 8.04. The second-order valence-electron chi connectivity index (χ2n) is 6.08. The number of hydrogen-bond acceptors (Lipinski definition) is 4.